The van der Waals surface area contributed by atoms with Crippen LogP contribution >= 0.6 is 0 Å². The first-order valence-electron chi connectivity index (χ1n) is 8.54. The van der Waals surface area contributed by atoms with Gasteiger partial charge in [0.2, 0.25) is 5.91 Å². The first-order chi connectivity index (χ1) is 10.2. The van der Waals surface area contributed by atoms with Gasteiger partial charge in [0.15, 0.2) is 0 Å². The lowest BCUT2D eigenvalue weighted by atomic mass is 9.95. The van der Waals surface area contributed by atoms with E-state index in [2.05, 4.69) is 29.0 Å². The number of carbonyl (C=O) groups is 1. The molecule has 2 heterocycles. The third-order valence-electron chi connectivity index (χ3n) is 4.80. The average Bonchev–Trinajstić information content (AvgIpc) is 2.54. The molecular weight excluding hydrogens is 266 g/mol. The molecule has 1 N–H and O–H groups in total. The summed E-state index contributed by atoms with van der Waals surface area (Å²) < 4.78 is 5.42. The number of carbonyl (C=O) groups excluding carboxylic acids is 1. The monoisotopic (exact) mass is 297 g/mol. The van der Waals surface area contributed by atoms with Crippen LogP contribution in [-0.2, 0) is 9.53 Å². The van der Waals surface area contributed by atoms with Gasteiger partial charge in [-0.3, -0.25) is 4.79 Å². The van der Waals surface area contributed by atoms with E-state index in [0.29, 0.717) is 18.9 Å². The molecule has 21 heavy (non-hydrogen) atoms. The molecule has 1 atom stereocenters. The zero-order chi connectivity index (χ0) is 15.1. The summed E-state index contributed by atoms with van der Waals surface area (Å²) in [7, 11) is 0. The van der Waals surface area contributed by atoms with Crippen LogP contribution < -0.4 is 5.32 Å². The fourth-order valence-electron chi connectivity index (χ4n) is 3.30. The molecule has 0 aromatic rings. The third kappa shape index (κ3) is 5.24. The number of likely N-dealkylation sites (tertiary alicyclic amines) is 1. The minimum atomic E-state index is 0.208. The van der Waals surface area contributed by atoms with Crippen molar-refractivity contribution in [3.05, 3.63) is 0 Å². The molecule has 0 bridgehead atoms. The van der Waals surface area contributed by atoms with E-state index in [0.717, 1.165) is 58.1 Å². The fourth-order valence-corrected chi connectivity index (χ4v) is 3.30. The average molecular weight is 297 g/mol. The summed E-state index contributed by atoms with van der Waals surface area (Å²) >= 11 is 0. The minimum Gasteiger partial charge on any atom is -0.378 e. The van der Waals surface area contributed by atoms with Gasteiger partial charge in [-0.2, -0.15) is 0 Å². The number of morpholine rings is 1. The molecule has 5 nitrogen and oxygen atoms in total. The highest BCUT2D eigenvalue weighted by Crippen LogP contribution is 2.19. The Kier molecular flexibility index (Phi) is 6.93. The van der Waals surface area contributed by atoms with Gasteiger partial charge in [0, 0.05) is 38.6 Å². The summed E-state index contributed by atoms with van der Waals surface area (Å²) in [6.45, 7) is 12.0. The Morgan fingerprint density at radius 3 is 2.57 bits per heavy atom. The predicted octanol–water partition coefficient (Wildman–Crippen LogP) is 0.945. The molecule has 1 amide bonds. The molecule has 2 saturated heterocycles. The SMILES string of the molecule is CCN(CC)CC1CCN(C(=O)CC2COCCN2)CC1. The maximum absolute atomic E-state index is 12.3. The Labute approximate surface area is 129 Å². The normalized spacial score (nSPS) is 24.5. The number of hydrogen-bond acceptors (Lipinski definition) is 4. The first-order valence-corrected chi connectivity index (χ1v) is 8.54. The Morgan fingerprint density at radius 2 is 2.00 bits per heavy atom. The van der Waals surface area contributed by atoms with Crippen molar-refractivity contribution in [2.75, 3.05) is 52.5 Å². The van der Waals surface area contributed by atoms with E-state index in [-0.39, 0.29) is 6.04 Å². The molecule has 1 unspecified atom stereocenters. The van der Waals surface area contributed by atoms with Crippen LogP contribution in [0.2, 0.25) is 0 Å². The molecule has 2 aliphatic rings. The van der Waals surface area contributed by atoms with Crippen LogP contribution in [0.15, 0.2) is 0 Å². The van der Waals surface area contributed by atoms with Gasteiger partial charge in [-0.05, 0) is 31.8 Å². The summed E-state index contributed by atoms with van der Waals surface area (Å²) in [5.41, 5.74) is 0. The summed E-state index contributed by atoms with van der Waals surface area (Å²) in [6, 6.07) is 0.208. The van der Waals surface area contributed by atoms with Crippen LogP contribution in [0.3, 0.4) is 0 Å². The van der Waals surface area contributed by atoms with E-state index in [1.54, 1.807) is 0 Å². The first kappa shape index (κ1) is 16.7. The zero-order valence-corrected chi connectivity index (χ0v) is 13.6. The second-order valence-corrected chi connectivity index (χ2v) is 6.24. The molecule has 0 saturated carbocycles. The van der Waals surface area contributed by atoms with Crippen LogP contribution in [-0.4, -0.2) is 74.2 Å². The number of nitrogens with one attached hydrogen (secondary N) is 1. The predicted molar refractivity (Wildman–Crippen MR) is 84.3 cm³/mol. The van der Waals surface area contributed by atoms with Crippen molar-refractivity contribution in [2.24, 2.45) is 5.92 Å². The Balaban J connectivity index is 1.69. The van der Waals surface area contributed by atoms with Gasteiger partial charge >= 0.3 is 0 Å². The number of amides is 1. The van der Waals surface area contributed by atoms with E-state index in [1.165, 1.54) is 6.54 Å². The topological polar surface area (TPSA) is 44.8 Å². The van der Waals surface area contributed by atoms with Gasteiger partial charge in [-0.15, -0.1) is 0 Å². The lowest BCUT2D eigenvalue weighted by Gasteiger charge is -2.35. The van der Waals surface area contributed by atoms with Crippen molar-refractivity contribution in [1.82, 2.24) is 15.1 Å². The van der Waals surface area contributed by atoms with Gasteiger partial charge in [0.1, 0.15) is 0 Å². The minimum absolute atomic E-state index is 0.208. The van der Waals surface area contributed by atoms with Crippen LogP contribution in [0, 0.1) is 5.92 Å². The summed E-state index contributed by atoms with van der Waals surface area (Å²) in [5.74, 6) is 1.05. The van der Waals surface area contributed by atoms with Crippen molar-refractivity contribution >= 4 is 5.91 Å². The molecule has 5 heteroatoms. The van der Waals surface area contributed by atoms with Crippen molar-refractivity contribution < 1.29 is 9.53 Å². The number of piperidine rings is 1. The Hall–Kier alpha value is -0.650. The highest BCUT2D eigenvalue weighted by atomic mass is 16.5. The highest BCUT2D eigenvalue weighted by molar-refractivity contribution is 5.77. The molecule has 2 aliphatic heterocycles. The smallest absolute Gasteiger partial charge is 0.224 e. The molecule has 0 aromatic heterocycles. The molecular formula is C16H31N3O2. The molecule has 0 spiro atoms. The summed E-state index contributed by atoms with van der Waals surface area (Å²) in [6.07, 6.45) is 2.88. The van der Waals surface area contributed by atoms with E-state index >= 15 is 0 Å². The van der Waals surface area contributed by atoms with E-state index in [4.69, 9.17) is 4.74 Å². The summed E-state index contributed by atoms with van der Waals surface area (Å²) in [4.78, 5) is 16.9. The Morgan fingerprint density at radius 1 is 1.29 bits per heavy atom. The van der Waals surface area contributed by atoms with Gasteiger partial charge in [0.25, 0.3) is 0 Å². The van der Waals surface area contributed by atoms with Crippen molar-refractivity contribution in [3.8, 4) is 0 Å². The van der Waals surface area contributed by atoms with Crippen LogP contribution in [0.1, 0.15) is 33.1 Å². The van der Waals surface area contributed by atoms with Crippen molar-refractivity contribution in [2.45, 2.75) is 39.2 Å². The number of hydrogen-bond donors (Lipinski definition) is 1. The summed E-state index contributed by atoms with van der Waals surface area (Å²) in [5, 5.41) is 3.36. The maximum atomic E-state index is 12.3. The third-order valence-corrected chi connectivity index (χ3v) is 4.80. The second kappa shape index (κ2) is 8.71. The van der Waals surface area contributed by atoms with Gasteiger partial charge in [-0.25, -0.2) is 0 Å². The van der Waals surface area contributed by atoms with Crippen LogP contribution in [0.25, 0.3) is 0 Å². The van der Waals surface area contributed by atoms with E-state index < -0.39 is 0 Å². The van der Waals surface area contributed by atoms with Gasteiger partial charge < -0.3 is 19.9 Å². The second-order valence-electron chi connectivity index (χ2n) is 6.24. The molecule has 0 aromatic carbocycles. The molecule has 0 aliphatic carbocycles. The highest BCUT2D eigenvalue weighted by Gasteiger charge is 2.26. The molecule has 2 fully saturated rings. The van der Waals surface area contributed by atoms with Crippen molar-refractivity contribution in [1.29, 1.82) is 0 Å². The standard InChI is InChI=1S/C16H31N3O2/c1-3-18(4-2)12-14-5-8-19(9-6-14)16(20)11-15-13-21-10-7-17-15/h14-15,17H,3-13H2,1-2H3. The van der Waals surface area contributed by atoms with Crippen LogP contribution in [0.5, 0.6) is 0 Å². The lowest BCUT2D eigenvalue weighted by Crippen LogP contribution is -2.47. The number of nitrogens with zero attached hydrogens (tertiary/aromatic N) is 2. The fraction of sp³-hybridized carbons (Fsp3) is 0.938. The van der Waals surface area contributed by atoms with Gasteiger partial charge in [0.05, 0.1) is 13.2 Å². The van der Waals surface area contributed by atoms with Crippen molar-refractivity contribution in [3.63, 3.8) is 0 Å². The lowest BCUT2D eigenvalue weighted by molar-refractivity contribution is -0.133. The van der Waals surface area contributed by atoms with E-state index in [9.17, 15) is 4.79 Å². The van der Waals surface area contributed by atoms with E-state index in [1.807, 2.05) is 0 Å². The zero-order valence-electron chi connectivity index (χ0n) is 13.6. The molecule has 0 radical (unpaired) electrons. The largest absolute Gasteiger partial charge is 0.378 e. The Bertz CT molecular complexity index is 307. The quantitative estimate of drug-likeness (QED) is 0.793. The molecule has 122 valence electrons. The number of rotatable bonds is 6. The number of ether oxygens (including phenoxy) is 1. The molecule has 2 rings (SSSR count). The maximum Gasteiger partial charge on any atom is 0.224 e. The van der Waals surface area contributed by atoms with Crippen LogP contribution in [0.4, 0.5) is 0 Å². The van der Waals surface area contributed by atoms with Gasteiger partial charge in [-0.1, -0.05) is 13.8 Å².